The first kappa shape index (κ1) is 11.4. The van der Waals surface area contributed by atoms with E-state index in [0.717, 1.165) is 13.0 Å². The molecule has 0 aliphatic heterocycles. The van der Waals surface area contributed by atoms with Gasteiger partial charge >= 0.3 is 5.97 Å². The van der Waals surface area contributed by atoms with Crippen molar-refractivity contribution in [3.05, 3.63) is 0 Å². The number of aliphatic carboxylic acids is 1. The van der Waals surface area contributed by atoms with Gasteiger partial charge in [0.25, 0.3) is 0 Å². The highest BCUT2D eigenvalue weighted by Gasteiger charge is 2.20. The van der Waals surface area contributed by atoms with Crippen LogP contribution in [0.1, 0.15) is 20.3 Å². The van der Waals surface area contributed by atoms with Crippen LogP contribution in [0.3, 0.4) is 0 Å². The summed E-state index contributed by atoms with van der Waals surface area (Å²) in [7, 11) is 3.92. The first-order chi connectivity index (χ1) is 5.45. The second-order valence-electron chi connectivity index (χ2n) is 3.78. The van der Waals surface area contributed by atoms with Gasteiger partial charge in [0.05, 0.1) is 5.92 Å². The van der Waals surface area contributed by atoms with Gasteiger partial charge < -0.3 is 10.0 Å². The topological polar surface area (TPSA) is 40.5 Å². The fourth-order valence-electron chi connectivity index (χ4n) is 1.14. The molecule has 1 atom stereocenters. The van der Waals surface area contributed by atoms with Crippen LogP contribution >= 0.6 is 0 Å². The van der Waals surface area contributed by atoms with Crippen molar-refractivity contribution in [2.45, 2.75) is 20.3 Å². The molecular formula is C9H19NO2. The first-order valence-electron chi connectivity index (χ1n) is 4.32. The Balaban J connectivity index is 3.88. The van der Waals surface area contributed by atoms with Crippen LogP contribution in [0.2, 0.25) is 0 Å². The molecule has 12 heavy (non-hydrogen) atoms. The van der Waals surface area contributed by atoms with Crippen molar-refractivity contribution >= 4 is 5.97 Å². The van der Waals surface area contributed by atoms with Crippen LogP contribution in [-0.2, 0) is 4.79 Å². The predicted octanol–water partition coefficient (Wildman–Crippen LogP) is 1.29. The lowest BCUT2D eigenvalue weighted by Crippen LogP contribution is -2.25. The van der Waals surface area contributed by atoms with Gasteiger partial charge in [0.15, 0.2) is 0 Å². The highest BCUT2D eigenvalue weighted by molar-refractivity contribution is 5.70. The van der Waals surface area contributed by atoms with E-state index in [-0.39, 0.29) is 11.8 Å². The lowest BCUT2D eigenvalue weighted by molar-refractivity contribution is -0.143. The van der Waals surface area contributed by atoms with Crippen LogP contribution in [0.15, 0.2) is 0 Å². The van der Waals surface area contributed by atoms with Crippen molar-refractivity contribution in [1.29, 1.82) is 0 Å². The monoisotopic (exact) mass is 173 g/mol. The molecule has 0 heterocycles. The number of hydrogen-bond acceptors (Lipinski definition) is 2. The number of nitrogens with zero attached hydrogens (tertiary/aromatic N) is 1. The third kappa shape index (κ3) is 4.34. The maximum absolute atomic E-state index is 10.7. The Labute approximate surface area is 74.4 Å². The predicted molar refractivity (Wildman–Crippen MR) is 49.1 cm³/mol. The third-order valence-electron chi connectivity index (χ3n) is 2.01. The van der Waals surface area contributed by atoms with Crippen molar-refractivity contribution in [1.82, 2.24) is 4.90 Å². The Hall–Kier alpha value is -0.570. The molecule has 0 saturated heterocycles. The van der Waals surface area contributed by atoms with E-state index in [1.54, 1.807) is 0 Å². The summed E-state index contributed by atoms with van der Waals surface area (Å²) in [4.78, 5) is 12.7. The summed E-state index contributed by atoms with van der Waals surface area (Å²) in [6.45, 7) is 4.75. The minimum atomic E-state index is -0.674. The number of carboxylic acid groups (broad SMARTS) is 1. The molecule has 0 fully saturated rings. The zero-order chi connectivity index (χ0) is 9.72. The molecule has 3 nitrogen and oxygen atoms in total. The maximum Gasteiger partial charge on any atom is 0.306 e. The van der Waals surface area contributed by atoms with Gasteiger partial charge in [-0.2, -0.15) is 0 Å². The molecule has 0 aromatic rings. The van der Waals surface area contributed by atoms with E-state index in [1.807, 2.05) is 32.8 Å². The van der Waals surface area contributed by atoms with Gasteiger partial charge in [-0.25, -0.2) is 0 Å². The average Bonchev–Trinajstić information content (AvgIpc) is 1.84. The summed E-state index contributed by atoms with van der Waals surface area (Å²) in [6, 6.07) is 0. The minimum absolute atomic E-state index is 0.201. The molecule has 0 aromatic carbocycles. The summed E-state index contributed by atoms with van der Waals surface area (Å²) >= 11 is 0. The average molecular weight is 173 g/mol. The summed E-state index contributed by atoms with van der Waals surface area (Å²) in [5, 5.41) is 8.84. The summed E-state index contributed by atoms with van der Waals surface area (Å²) < 4.78 is 0. The second-order valence-corrected chi connectivity index (χ2v) is 3.78. The number of carboxylic acids is 1. The largest absolute Gasteiger partial charge is 0.481 e. The minimum Gasteiger partial charge on any atom is -0.481 e. The van der Waals surface area contributed by atoms with Crippen LogP contribution in [0, 0.1) is 11.8 Å². The van der Waals surface area contributed by atoms with E-state index in [4.69, 9.17) is 5.11 Å². The van der Waals surface area contributed by atoms with Gasteiger partial charge in [-0.15, -0.1) is 0 Å². The fraction of sp³-hybridized carbons (Fsp3) is 0.889. The van der Waals surface area contributed by atoms with Crippen molar-refractivity contribution < 1.29 is 9.90 Å². The van der Waals surface area contributed by atoms with Crippen molar-refractivity contribution in [2.75, 3.05) is 20.6 Å². The molecule has 0 saturated carbocycles. The molecule has 0 aliphatic rings. The van der Waals surface area contributed by atoms with Gasteiger partial charge in [-0.1, -0.05) is 13.8 Å². The summed E-state index contributed by atoms with van der Waals surface area (Å²) in [6.07, 6.45) is 0.736. The van der Waals surface area contributed by atoms with E-state index in [9.17, 15) is 4.79 Å². The number of rotatable bonds is 5. The molecule has 3 heteroatoms. The van der Waals surface area contributed by atoms with Crippen molar-refractivity contribution in [3.63, 3.8) is 0 Å². The molecule has 0 aliphatic carbocycles. The normalized spacial score (nSPS) is 13.8. The van der Waals surface area contributed by atoms with Gasteiger partial charge in [-0.3, -0.25) is 4.79 Å². The zero-order valence-electron chi connectivity index (χ0n) is 8.37. The Morgan fingerprint density at radius 2 is 1.92 bits per heavy atom. The van der Waals surface area contributed by atoms with Crippen LogP contribution in [0.25, 0.3) is 0 Å². The molecule has 0 amide bonds. The van der Waals surface area contributed by atoms with Crippen molar-refractivity contribution in [2.24, 2.45) is 11.8 Å². The standard InChI is InChI=1S/C9H19NO2/c1-7(2)8(9(11)12)5-6-10(3)4/h7-8H,5-6H2,1-4H3,(H,11,12). The SMILES string of the molecule is CC(C)C(CCN(C)C)C(=O)O. The van der Waals surface area contributed by atoms with E-state index in [0.29, 0.717) is 0 Å². The van der Waals surface area contributed by atoms with Crippen LogP contribution in [0.4, 0.5) is 0 Å². The molecule has 0 aromatic heterocycles. The van der Waals surface area contributed by atoms with E-state index >= 15 is 0 Å². The van der Waals surface area contributed by atoms with Crippen LogP contribution in [0.5, 0.6) is 0 Å². The molecule has 0 bridgehead atoms. The molecule has 72 valence electrons. The Kier molecular flexibility index (Phi) is 4.90. The molecule has 1 N–H and O–H groups in total. The van der Waals surface area contributed by atoms with Crippen molar-refractivity contribution in [3.8, 4) is 0 Å². The van der Waals surface area contributed by atoms with Gasteiger partial charge in [0.2, 0.25) is 0 Å². The summed E-state index contributed by atoms with van der Waals surface area (Å²) in [5.41, 5.74) is 0. The Morgan fingerprint density at radius 3 is 2.17 bits per heavy atom. The fourth-order valence-corrected chi connectivity index (χ4v) is 1.14. The van der Waals surface area contributed by atoms with Gasteiger partial charge in [-0.05, 0) is 33.0 Å². The number of hydrogen-bond donors (Lipinski definition) is 1. The zero-order valence-corrected chi connectivity index (χ0v) is 8.37. The lowest BCUT2D eigenvalue weighted by Gasteiger charge is -2.18. The van der Waals surface area contributed by atoms with Crippen LogP contribution in [-0.4, -0.2) is 36.6 Å². The Bertz CT molecular complexity index is 143. The Morgan fingerprint density at radius 1 is 1.42 bits per heavy atom. The quantitative estimate of drug-likeness (QED) is 0.681. The van der Waals surface area contributed by atoms with Crippen LogP contribution < -0.4 is 0 Å². The molecule has 0 spiro atoms. The molecule has 0 rings (SSSR count). The maximum atomic E-state index is 10.7. The van der Waals surface area contributed by atoms with E-state index < -0.39 is 5.97 Å². The second kappa shape index (κ2) is 5.14. The highest BCUT2D eigenvalue weighted by atomic mass is 16.4. The first-order valence-corrected chi connectivity index (χ1v) is 4.32. The molecule has 0 radical (unpaired) electrons. The van der Waals surface area contributed by atoms with E-state index in [2.05, 4.69) is 0 Å². The van der Waals surface area contributed by atoms with Gasteiger partial charge in [0.1, 0.15) is 0 Å². The van der Waals surface area contributed by atoms with Gasteiger partial charge in [0, 0.05) is 0 Å². The smallest absolute Gasteiger partial charge is 0.306 e. The highest BCUT2D eigenvalue weighted by Crippen LogP contribution is 2.15. The summed E-state index contributed by atoms with van der Waals surface area (Å²) in [5.74, 6) is -0.651. The third-order valence-corrected chi connectivity index (χ3v) is 2.01. The molecule has 1 unspecified atom stereocenters. The lowest BCUT2D eigenvalue weighted by atomic mass is 9.93. The number of carbonyl (C=O) groups is 1. The van der Waals surface area contributed by atoms with E-state index in [1.165, 1.54) is 0 Å². The molecular weight excluding hydrogens is 154 g/mol.